The van der Waals surface area contributed by atoms with Gasteiger partial charge in [-0.15, -0.1) is 0 Å². The molecule has 7 nitrogen and oxygen atoms in total. The monoisotopic (exact) mass is 503 g/mol. The molecular formula is C24H23ClFN3O4S. The number of hydrogen-bond acceptors (Lipinski definition) is 5. The Morgan fingerprint density at radius 1 is 1.03 bits per heavy atom. The molecule has 0 saturated carbocycles. The van der Waals surface area contributed by atoms with Gasteiger partial charge in [0, 0.05) is 24.5 Å². The topological polar surface area (TPSA) is 79.0 Å². The first-order valence-corrected chi connectivity index (χ1v) is 12.4. The molecule has 178 valence electrons. The molecule has 10 heteroatoms. The number of nitrogens with zero attached hydrogens (tertiary/aromatic N) is 2. The quantitative estimate of drug-likeness (QED) is 0.524. The van der Waals surface area contributed by atoms with Crippen molar-refractivity contribution in [3.8, 4) is 0 Å². The fourth-order valence-electron chi connectivity index (χ4n) is 3.58. The molecule has 0 bridgehead atoms. The molecule has 1 N–H and O–H groups in total. The van der Waals surface area contributed by atoms with E-state index in [-0.39, 0.29) is 15.6 Å². The van der Waals surface area contributed by atoms with E-state index in [4.69, 9.17) is 16.3 Å². The van der Waals surface area contributed by atoms with Crippen LogP contribution in [0.3, 0.4) is 0 Å². The molecule has 4 rings (SSSR count). The van der Waals surface area contributed by atoms with Crippen LogP contribution in [0.25, 0.3) is 0 Å². The van der Waals surface area contributed by atoms with Gasteiger partial charge in [-0.3, -0.25) is 9.10 Å². The minimum absolute atomic E-state index is 0.00175. The molecule has 1 fully saturated rings. The molecule has 1 aliphatic heterocycles. The van der Waals surface area contributed by atoms with Crippen molar-refractivity contribution in [2.45, 2.75) is 4.90 Å². The zero-order chi connectivity index (χ0) is 24.1. The summed E-state index contributed by atoms with van der Waals surface area (Å²) in [6.45, 7) is 2.39. The lowest BCUT2D eigenvalue weighted by atomic mass is 10.2. The van der Waals surface area contributed by atoms with E-state index in [1.54, 1.807) is 30.3 Å². The van der Waals surface area contributed by atoms with Gasteiger partial charge in [-0.05, 0) is 54.6 Å². The molecular weight excluding hydrogens is 481 g/mol. The highest BCUT2D eigenvalue weighted by atomic mass is 35.5. The van der Waals surface area contributed by atoms with Gasteiger partial charge in [0.05, 0.1) is 28.8 Å². The molecule has 0 aromatic heterocycles. The minimum Gasteiger partial charge on any atom is -0.378 e. The van der Waals surface area contributed by atoms with Crippen molar-refractivity contribution in [1.29, 1.82) is 0 Å². The summed E-state index contributed by atoms with van der Waals surface area (Å²) in [5.74, 6) is -1.24. The van der Waals surface area contributed by atoms with E-state index in [0.29, 0.717) is 18.9 Å². The normalized spacial score (nSPS) is 14.0. The smallest absolute Gasteiger partial charge is 0.264 e. The summed E-state index contributed by atoms with van der Waals surface area (Å²) in [6.07, 6.45) is 0. The van der Waals surface area contributed by atoms with Gasteiger partial charge in [-0.2, -0.15) is 0 Å². The maximum absolute atomic E-state index is 13.7. The number of carbonyl (C=O) groups is 1. The Morgan fingerprint density at radius 3 is 2.35 bits per heavy atom. The lowest BCUT2D eigenvalue weighted by Gasteiger charge is -2.29. The molecule has 34 heavy (non-hydrogen) atoms. The van der Waals surface area contributed by atoms with Crippen molar-refractivity contribution in [3.05, 3.63) is 83.6 Å². The highest BCUT2D eigenvalue weighted by molar-refractivity contribution is 7.92. The highest BCUT2D eigenvalue weighted by Gasteiger charge is 2.27. The van der Waals surface area contributed by atoms with Gasteiger partial charge in [0.2, 0.25) is 5.91 Å². The Morgan fingerprint density at radius 2 is 1.71 bits per heavy atom. The molecule has 1 amide bonds. The zero-order valence-corrected chi connectivity index (χ0v) is 19.7. The average Bonchev–Trinajstić information content (AvgIpc) is 2.86. The number of hydrogen-bond donors (Lipinski definition) is 1. The molecule has 1 saturated heterocycles. The predicted molar refractivity (Wildman–Crippen MR) is 130 cm³/mol. The first kappa shape index (κ1) is 24.0. The van der Waals surface area contributed by atoms with Gasteiger partial charge >= 0.3 is 0 Å². The second-order valence-electron chi connectivity index (χ2n) is 7.62. The third-order valence-corrected chi connectivity index (χ3v) is 7.41. The number of sulfonamides is 1. The van der Waals surface area contributed by atoms with Gasteiger partial charge < -0.3 is 15.0 Å². The third kappa shape index (κ3) is 5.49. The Bertz CT molecular complexity index is 1250. The number of carbonyl (C=O) groups excluding carboxylic acids is 1. The zero-order valence-electron chi connectivity index (χ0n) is 18.2. The van der Waals surface area contributed by atoms with E-state index in [9.17, 15) is 17.6 Å². The summed E-state index contributed by atoms with van der Waals surface area (Å²) in [7, 11) is -4.12. The second-order valence-corrected chi connectivity index (χ2v) is 9.89. The Labute approximate surface area is 202 Å². The maximum atomic E-state index is 13.7. The largest absolute Gasteiger partial charge is 0.378 e. The number of rotatable bonds is 7. The van der Waals surface area contributed by atoms with Crippen LogP contribution in [0.15, 0.2) is 77.7 Å². The second kappa shape index (κ2) is 10.4. The number of nitrogens with one attached hydrogen (secondary N) is 1. The van der Waals surface area contributed by atoms with E-state index >= 15 is 0 Å². The van der Waals surface area contributed by atoms with Crippen LogP contribution >= 0.6 is 11.6 Å². The number of ether oxygens (including phenoxy) is 1. The van der Waals surface area contributed by atoms with Crippen LogP contribution in [-0.4, -0.2) is 47.2 Å². The maximum Gasteiger partial charge on any atom is 0.264 e. The van der Waals surface area contributed by atoms with E-state index in [1.807, 2.05) is 12.1 Å². The van der Waals surface area contributed by atoms with Crippen molar-refractivity contribution in [1.82, 2.24) is 0 Å². The molecule has 0 aliphatic carbocycles. The average molecular weight is 504 g/mol. The number of anilines is 3. The van der Waals surface area contributed by atoms with Crippen molar-refractivity contribution in [3.63, 3.8) is 0 Å². The molecule has 0 radical (unpaired) electrons. The summed E-state index contributed by atoms with van der Waals surface area (Å²) in [5.41, 5.74) is 1.61. The van der Waals surface area contributed by atoms with Crippen LogP contribution < -0.4 is 14.5 Å². The van der Waals surface area contributed by atoms with Gasteiger partial charge in [0.25, 0.3) is 10.0 Å². The summed E-state index contributed by atoms with van der Waals surface area (Å²) in [5, 5.41) is 2.48. The van der Waals surface area contributed by atoms with Gasteiger partial charge in [-0.1, -0.05) is 29.8 Å². The molecule has 1 aliphatic rings. The number of benzene rings is 3. The molecule has 0 atom stereocenters. The van der Waals surface area contributed by atoms with Crippen LogP contribution in [0.4, 0.5) is 21.5 Å². The first-order chi connectivity index (χ1) is 16.3. The van der Waals surface area contributed by atoms with Crippen LogP contribution in [0, 0.1) is 5.82 Å². The summed E-state index contributed by atoms with van der Waals surface area (Å²) in [6, 6.07) is 18.5. The Hall–Kier alpha value is -3.14. The Kier molecular flexibility index (Phi) is 7.35. The molecule has 1 heterocycles. The molecule has 0 unspecified atom stereocenters. The first-order valence-electron chi connectivity index (χ1n) is 10.6. The fraction of sp³-hybridized carbons (Fsp3) is 0.208. The fourth-order valence-corrected chi connectivity index (χ4v) is 5.19. The van der Waals surface area contributed by atoms with Gasteiger partial charge in [0.15, 0.2) is 0 Å². The van der Waals surface area contributed by atoms with Crippen LogP contribution in [0.2, 0.25) is 5.02 Å². The van der Waals surface area contributed by atoms with Crippen LogP contribution in [0.5, 0.6) is 0 Å². The third-order valence-electron chi connectivity index (χ3n) is 5.34. The minimum atomic E-state index is -4.12. The van der Waals surface area contributed by atoms with Gasteiger partial charge in [0.1, 0.15) is 12.4 Å². The standard InChI is InChI=1S/C24H23ClFN3O4S/c25-22-16-20(10-11-23(22)26)29(34(31,32)21-4-2-1-3-5-21)17-24(30)27-18-6-8-19(9-7-18)28-12-14-33-15-13-28/h1-11,16H,12-15,17H2,(H,27,30). The molecule has 3 aromatic carbocycles. The number of morpholine rings is 1. The van der Waals surface area contributed by atoms with E-state index in [1.165, 1.54) is 24.3 Å². The number of halogens is 2. The van der Waals surface area contributed by atoms with Crippen LogP contribution in [-0.2, 0) is 19.6 Å². The molecule has 0 spiro atoms. The van der Waals surface area contributed by atoms with E-state index < -0.39 is 28.3 Å². The summed E-state index contributed by atoms with van der Waals surface area (Å²) in [4.78, 5) is 15.0. The predicted octanol–water partition coefficient (Wildman–Crippen LogP) is 4.15. The van der Waals surface area contributed by atoms with Crippen LogP contribution in [0.1, 0.15) is 0 Å². The number of amides is 1. The summed E-state index contributed by atoms with van der Waals surface area (Å²) < 4.78 is 46.6. The van der Waals surface area contributed by atoms with E-state index in [2.05, 4.69) is 10.2 Å². The Balaban J connectivity index is 1.55. The van der Waals surface area contributed by atoms with Gasteiger partial charge in [-0.25, -0.2) is 12.8 Å². The SMILES string of the molecule is O=C(CN(c1ccc(F)c(Cl)c1)S(=O)(=O)c1ccccc1)Nc1ccc(N2CCOCC2)cc1. The van der Waals surface area contributed by atoms with Crippen molar-refractivity contribution < 1.29 is 22.3 Å². The van der Waals surface area contributed by atoms with Crippen molar-refractivity contribution >= 4 is 44.6 Å². The van der Waals surface area contributed by atoms with E-state index in [0.717, 1.165) is 29.1 Å². The highest BCUT2D eigenvalue weighted by Crippen LogP contribution is 2.28. The summed E-state index contributed by atoms with van der Waals surface area (Å²) >= 11 is 5.89. The lowest BCUT2D eigenvalue weighted by molar-refractivity contribution is -0.114. The lowest BCUT2D eigenvalue weighted by Crippen LogP contribution is -2.38. The van der Waals surface area contributed by atoms with Crippen molar-refractivity contribution in [2.75, 3.05) is 47.4 Å². The van der Waals surface area contributed by atoms with Crippen molar-refractivity contribution in [2.24, 2.45) is 0 Å². The molecule has 3 aromatic rings.